The van der Waals surface area contributed by atoms with E-state index in [0.29, 0.717) is 0 Å². The van der Waals surface area contributed by atoms with Crippen LogP contribution in [0.4, 0.5) is 8.78 Å². The third-order valence-corrected chi connectivity index (χ3v) is 2.66. The van der Waals surface area contributed by atoms with Crippen molar-refractivity contribution in [2.75, 3.05) is 7.11 Å². The Bertz CT molecular complexity index is 698. The first-order valence-electron chi connectivity index (χ1n) is 5.00. The fraction of sp³-hybridized carbons (Fsp3) is 0.167. The standard InChI is InChI=1S/C12H8F2N2O2/c1-5-8(12(17)18-2)9-10(14)6(4-15)3-7(13)11(9)16-5/h3,16H,1-2H3. The summed E-state index contributed by atoms with van der Waals surface area (Å²) in [6.07, 6.45) is 0. The maximum absolute atomic E-state index is 14.0. The van der Waals surface area contributed by atoms with E-state index in [0.717, 1.165) is 13.2 Å². The Morgan fingerprint density at radius 2 is 2.17 bits per heavy atom. The molecule has 0 saturated carbocycles. The largest absolute Gasteiger partial charge is 0.465 e. The van der Waals surface area contributed by atoms with Gasteiger partial charge in [-0.2, -0.15) is 5.26 Å². The molecule has 6 heteroatoms. The summed E-state index contributed by atoms with van der Waals surface area (Å²) >= 11 is 0. The van der Waals surface area contributed by atoms with Crippen LogP contribution >= 0.6 is 0 Å². The molecule has 4 nitrogen and oxygen atoms in total. The second-order valence-electron chi connectivity index (χ2n) is 3.70. The number of hydrogen-bond donors (Lipinski definition) is 1. The van der Waals surface area contributed by atoms with Gasteiger partial charge in [0.15, 0.2) is 5.82 Å². The fourth-order valence-corrected chi connectivity index (χ4v) is 1.86. The van der Waals surface area contributed by atoms with Crippen LogP contribution in [0.1, 0.15) is 21.6 Å². The minimum atomic E-state index is -0.932. The lowest BCUT2D eigenvalue weighted by molar-refractivity contribution is 0.0602. The first-order valence-corrected chi connectivity index (χ1v) is 5.00. The first-order chi connectivity index (χ1) is 8.51. The Hall–Kier alpha value is -2.42. The van der Waals surface area contributed by atoms with Gasteiger partial charge in [0.2, 0.25) is 0 Å². The molecule has 0 fully saturated rings. The number of aromatic amines is 1. The van der Waals surface area contributed by atoms with E-state index in [4.69, 9.17) is 5.26 Å². The van der Waals surface area contributed by atoms with Crippen molar-refractivity contribution in [3.8, 4) is 6.07 Å². The van der Waals surface area contributed by atoms with Gasteiger partial charge in [0.25, 0.3) is 0 Å². The minimum absolute atomic E-state index is 0.0963. The number of rotatable bonds is 1. The van der Waals surface area contributed by atoms with Crippen LogP contribution in [0.15, 0.2) is 6.07 Å². The van der Waals surface area contributed by atoms with Crippen molar-refractivity contribution in [2.24, 2.45) is 0 Å². The van der Waals surface area contributed by atoms with E-state index in [1.807, 2.05) is 0 Å². The number of ether oxygens (including phenoxy) is 1. The number of nitriles is 1. The van der Waals surface area contributed by atoms with Gasteiger partial charge in [-0.25, -0.2) is 13.6 Å². The number of nitrogens with zero attached hydrogens (tertiary/aromatic N) is 1. The number of benzene rings is 1. The Kier molecular flexibility index (Phi) is 2.75. The molecule has 92 valence electrons. The number of esters is 1. The third kappa shape index (κ3) is 1.52. The highest BCUT2D eigenvalue weighted by Crippen LogP contribution is 2.29. The summed E-state index contributed by atoms with van der Waals surface area (Å²) in [5.74, 6) is -2.51. The van der Waals surface area contributed by atoms with E-state index >= 15 is 0 Å². The molecule has 1 aromatic carbocycles. The molecule has 0 aliphatic carbocycles. The summed E-state index contributed by atoms with van der Waals surface area (Å²) in [4.78, 5) is 14.1. The normalized spacial score (nSPS) is 10.4. The summed E-state index contributed by atoms with van der Waals surface area (Å²) in [5.41, 5.74) is -0.417. The second kappa shape index (κ2) is 4.11. The topological polar surface area (TPSA) is 65.9 Å². The Balaban J connectivity index is 2.97. The van der Waals surface area contributed by atoms with E-state index in [1.54, 1.807) is 6.07 Å². The van der Waals surface area contributed by atoms with Crippen molar-refractivity contribution in [3.05, 3.63) is 34.5 Å². The molecule has 1 heterocycles. The lowest BCUT2D eigenvalue weighted by Gasteiger charge is -2.01. The second-order valence-corrected chi connectivity index (χ2v) is 3.70. The molecule has 0 amide bonds. The number of methoxy groups -OCH3 is 1. The monoisotopic (exact) mass is 250 g/mol. The van der Waals surface area contributed by atoms with Gasteiger partial charge in [0.1, 0.15) is 11.9 Å². The summed E-state index contributed by atoms with van der Waals surface area (Å²) in [5, 5.41) is 8.46. The van der Waals surface area contributed by atoms with E-state index in [2.05, 4.69) is 9.72 Å². The molecule has 0 bridgehead atoms. The highest BCUT2D eigenvalue weighted by molar-refractivity contribution is 6.06. The van der Waals surface area contributed by atoms with Gasteiger partial charge >= 0.3 is 5.97 Å². The maximum Gasteiger partial charge on any atom is 0.340 e. The number of fused-ring (bicyclic) bond motifs is 1. The van der Waals surface area contributed by atoms with Crippen LogP contribution in [0.5, 0.6) is 0 Å². The molecule has 18 heavy (non-hydrogen) atoms. The predicted octanol–water partition coefficient (Wildman–Crippen LogP) is 2.41. The number of aromatic nitrogens is 1. The van der Waals surface area contributed by atoms with Gasteiger partial charge in [0, 0.05) is 5.69 Å². The number of H-pyrrole nitrogens is 1. The average molecular weight is 250 g/mol. The summed E-state index contributed by atoms with van der Waals surface area (Å²) in [7, 11) is 1.14. The van der Waals surface area contributed by atoms with E-state index in [9.17, 15) is 13.6 Å². The molecule has 0 saturated heterocycles. The first kappa shape index (κ1) is 12.0. The van der Waals surface area contributed by atoms with Crippen LogP contribution in [0, 0.1) is 29.9 Å². The molecule has 0 radical (unpaired) electrons. The molecule has 2 rings (SSSR count). The number of halogens is 2. The van der Waals surface area contributed by atoms with Gasteiger partial charge in [-0.3, -0.25) is 0 Å². The van der Waals surface area contributed by atoms with Crippen molar-refractivity contribution in [1.29, 1.82) is 5.26 Å². The van der Waals surface area contributed by atoms with Crippen LogP contribution in [0.25, 0.3) is 10.9 Å². The van der Waals surface area contributed by atoms with Crippen molar-refractivity contribution in [1.82, 2.24) is 4.98 Å². The number of hydrogen-bond acceptors (Lipinski definition) is 3. The van der Waals surface area contributed by atoms with E-state index in [-0.39, 0.29) is 22.2 Å². The molecule has 1 N–H and O–H groups in total. The Morgan fingerprint density at radius 1 is 1.50 bits per heavy atom. The highest BCUT2D eigenvalue weighted by atomic mass is 19.1. The molecule has 0 atom stereocenters. The summed E-state index contributed by atoms with van der Waals surface area (Å²) in [6, 6.07) is 2.33. The number of nitrogens with one attached hydrogen (secondary N) is 1. The zero-order chi connectivity index (χ0) is 13.4. The zero-order valence-electron chi connectivity index (χ0n) is 9.60. The molecule has 0 aliphatic rings. The maximum atomic E-state index is 14.0. The molecule has 0 aliphatic heterocycles. The predicted molar refractivity (Wildman–Crippen MR) is 59.0 cm³/mol. The molecular formula is C12H8F2N2O2. The summed E-state index contributed by atoms with van der Waals surface area (Å²) in [6.45, 7) is 1.50. The van der Waals surface area contributed by atoms with Gasteiger partial charge in [-0.05, 0) is 13.0 Å². The third-order valence-electron chi connectivity index (χ3n) is 2.66. The summed E-state index contributed by atoms with van der Waals surface area (Å²) < 4.78 is 32.2. The van der Waals surface area contributed by atoms with Gasteiger partial charge < -0.3 is 9.72 Å². The number of aryl methyl sites for hydroxylation is 1. The Morgan fingerprint density at radius 3 is 2.72 bits per heavy atom. The van der Waals surface area contributed by atoms with Gasteiger partial charge in [0.05, 0.1) is 29.1 Å². The minimum Gasteiger partial charge on any atom is -0.465 e. The number of carbonyl (C=O) groups excluding carboxylic acids is 1. The van der Waals surface area contributed by atoms with Crippen molar-refractivity contribution in [2.45, 2.75) is 6.92 Å². The van der Waals surface area contributed by atoms with E-state index in [1.165, 1.54) is 6.92 Å². The molecule has 2 aromatic rings. The van der Waals surface area contributed by atoms with Crippen LogP contribution in [-0.2, 0) is 4.74 Å². The number of carbonyl (C=O) groups is 1. The van der Waals surface area contributed by atoms with Crippen LogP contribution < -0.4 is 0 Å². The lowest BCUT2D eigenvalue weighted by atomic mass is 10.1. The molecule has 1 aromatic heterocycles. The smallest absolute Gasteiger partial charge is 0.340 e. The van der Waals surface area contributed by atoms with Crippen molar-refractivity contribution >= 4 is 16.9 Å². The van der Waals surface area contributed by atoms with Crippen LogP contribution in [-0.4, -0.2) is 18.1 Å². The van der Waals surface area contributed by atoms with Crippen LogP contribution in [0.3, 0.4) is 0 Å². The average Bonchev–Trinajstić information content (AvgIpc) is 2.71. The lowest BCUT2D eigenvalue weighted by Crippen LogP contribution is -2.03. The highest BCUT2D eigenvalue weighted by Gasteiger charge is 2.24. The molecule has 0 spiro atoms. The molecular weight excluding hydrogens is 242 g/mol. The quantitative estimate of drug-likeness (QED) is 0.790. The Labute approximate surface area is 101 Å². The van der Waals surface area contributed by atoms with E-state index < -0.39 is 23.2 Å². The molecule has 0 unspecified atom stereocenters. The van der Waals surface area contributed by atoms with Crippen molar-refractivity contribution < 1.29 is 18.3 Å². The fourth-order valence-electron chi connectivity index (χ4n) is 1.86. The van der Waals surface area contributed by atoms with Crippen molar-refractivity contribution in [3.63, 3.8) is 0 Å². The zero-order valence-corrected chi connectivity index (χ0v) is 9.60. The SMILES string of the molecule is COC(=O)c1c(C)[nH]c2c(F)cc(C#N)c(F)c12. The van der Waals surface area contributed by atoms with Gasteiger partial charge in [-0.15, -0.1) is 0 Å². The van der Waals surface area contributed by atoms with Crippen LogP contribution in [0.2, 0.25) is 0 Å². The van der Waals surface area contributed by atoms with Gasteiger partial charge in [-0.1, -0.05) is 0 Å².